The number of hydrogen-bond donors (Lipinski definition) is 2. The number of sulfonamides is 1. The number of rotatable bonds is 5. The van der Waals surface area contributed by atoms with E-state index in [1.54, 1.807) is 30.3 Å². The fourth-order valence-electron chi connectivity index (χ4n) is 2.52. The monoisotopic (exact) mass is 416 g/mol. The molecule has 0 unspecified atom stereocenters. The van der Waals surface area contributed by atoms with Crippen molar-refractivity contribution < 1.29 is 27.5 Å². The largest absolute Gasteiger partial charge is 0.419 e. The maximum Gasteiger partial charge on any atom is 0.350 e. The topological polar surface area (TPSA) is 111 Å². The normalized spacial score (nSPS) is 15.9. The van der Waals surface area contributed by atoms with E-state index >= 15 is 0 Å². The summed E-state index contributed by atoms with van der Waals surface area (Å²) >= 11 is 0. The van der Waals surface area contributed by atoms with Crippen LogP contribution in [0.5, 0.6) is 0 Å². The fraction of sp³-hybridized carbons (Fsp3) is 0.200. The first-order chi connectivity index (χ1) is 13.6. The van der Waals surface area contributed by atoms with Crippen LogP contribution in [0, 0.1) is 6.92 Å². The number of hydrogen-bond acceptors (Lipinski definition) is 7. The SMILES string of the molecule is Cc1ccc(NS(=O)(=O)c2cccc(NC=C3C(=O)OC(C)(C)OC3=O)c2)cc1. The minimum absolute atomic E-state index is 0.0106. The van der Waals surface area contributed by atoms with Crippen molar-refractivity contribution in [2.75, 3.05) is 10.0 Å². The molecule has 2 aromatic carbocycles. The maximum atomic E-state index is 12.6. The van der Waals surface area contributed by atoms with Gasteiger partial charge in [0.05, 0.1) is 4.90 Å². The van der Waals surface area contributed by atoms with Crippen LogP contribution in [0.25, 0.3) is 0 Å². The number of carbonyl (C=O) groups excluding carboxylic acids is 2. The molecule has 9 heteroatoms. The van der Waals surface area contributed by atoms with E-state index < -0.39 is 27.7 Å². The van der Waals surface area contributed by atoms with Gasteiger partial charge in [0.25, 0.3) is 15.8 Å². The van der Waals surface area contributed by atoms with Crippen LogP contribution >= 0.6 is 0 Å². The summed E-state index contributed by atoms with van der Waals surface area (Å²) in [7, 11) is -3.82. The first-order valence-electron chi connectivity index (χ1n) is 8.69. The van der Waals surface area contributed by atoms with Gasteiger partial charge in [0, 0.05) is 31.4 Å². The Bertz CT molecular complexity index is 1070. The van der Waals surface area contributed by atoms with Crippen molar-refractivity contribution in [2.45, 2.75) is 31.5 Å². The molecule has 29 heavy (non-hydrogen) atoms. The van der Waals surface area contributed by atoms with Gasteiger partial charge in [0.15, 0.2) is 5.57 Å². The predicted molar refractivity (Wildman–Crippen MR) is 106 cm³/mol. The molecule has 0 radical (unpaired) electrons. The fourth-order valence-corrected chi connectivity index (χ4v) is 3.63. The van der Waals surface area contributed by atoms with Crippen LogP contribution in [-0.4, -0.2) is 26.1 Å². The van der Waals surface area contributed by atoms with E-state index in [4.69, 9.17) is 9.47 Å². The number of esters is 2. The average Bonchev–Trinajstić information content (AvgIpc) is 2.62. The molecule has 0 aliphatic carbocycles. The van der Waals surface area contributed by atoms with E-state index in [1.807, 2.05) is 6.92 Å². The van der Waals surface area contributed by atoms with Gasteiger partial charge in [-0.15, -0.1) is 0 Å². The molecule has 2 aromatic rings. The van der Waals surface area contributed by atoms with E-state index in [0.717, 1.165) is 11.8 Å². The zero-order valence-corrected chi connectivity index (χ0v) is 16.9. The molecule has 1 heterocycles. The summed E-state index contributed by atoms with van der Waals surface area (Å²) < 4.78 is 37.7. The third-order valence-electron chi connectivity index (χ3n) is 3.95. The van der Waals surface area contributed by atoms with Crippen LogP contribution in [0.15, 0.2) is 65.2 Å². The Morgan fingerprint density at radius 3 is 2.17 bits per heavy atom. The van der Waals surface area contributed by atoms with E-state index in [2.05, 4.69) is 10.0 Å². The number of aryl methyl sites for hydroxylation is 1. The quantitative estimate of drug-likeness (QED) is 0.438. The highest BCUT2D eigenvalue weighted by Crippen LogP contribution is 2.24. The number of benzene rings is 2. The Morgan fingerprint density at radius 2 is 1.55 bits per heavy atom. The molecule has 0 amide bonds. The minimum atomic E-state index is -3.82. The molecular weight excluding hydrogens is 396 g/mol. The molecule has 1 saturated heterocycles. The number of anilines is 2. The molecule has 1 fully saturated rings. The average molecular weight is 416 g/mol. The second kappa shape index (κ2) is 7.59. The summed E-state index contributed by atoms with van der Waals surface area (Å²) in [5, 5.41) is 2.73. The second-order valence-corrected chi connectivity index (χ2v) is 8.56. The summed E-state index contributed by atoms with van der Waals surface area (Å²) in [4.78, 5) is 23.9. The highest BCUT2D eigenvalue weighted by Gasteiger charge is 2.38. The van der Waals surface area contributed by atoms with Gasteiger partial charge < -0.3 is 14.8 Å². The summed E-state index contributed by atoms with van der Waals surface area (Å²) in [6, 6.07) is 12.9. The Morgan fingerprint density at radius 1 is 0.931 bits per heavy atom. The Kier molecular flexibility index (Phi) is 5.34. The number of carbonyl (C=O) groups is 2. The van der Waals surface area contributed by atoms with Crippen molar-refractivity contribution >= 4 is 33.3 Å². The third-order valence-corrected chi connectivity index (χ3v) is 5.33. The highest BCUT2D eigenvalue weighted by molar-refractivity contribution is 7.92. The van der Waals surface area contributed by atoms with Crippen LogP contribution in [0.1, 0.15) is 19.4 Å². The van der Waals surface area contributed by atoms with E-state index in [9.17, 15) is 18.0 Å². The Balaban J connectivity index is 1.78. The molecule has 3 rings (SSSR count). The number of cyclic esters (lactones) is 2. The molecule has 0 spiro atoms. The number of nitrogens with one attached hydrogen (secondary N) is 2. The van der Waals surface area contributed by atoms with Gasteiger partial charge in [0.2, 0.25) is 0 Å². The second-order valence-electron chi connectivity index (χ2n) is 6.88. The maximum absolute atomic E-state index is 12.6. The molecular formula is C20H20N2O6S. The number of ether oxygens (including phenoxy) is 2. The molecule has 1 aliphatic heterocycles. The predicted octanol–water partition coefficient (Wildman–Crippen LogP) is 2.93. The highest BCUT2D eigenvalue weighted by atomic mass is 32.2. The van der Waals surface area contributed by atoms with Gasteiger partial charge in [-0.25, -0.2) is 18.0 Å². The van der Waals surface area contributed by atoms with Crippen LogP contribution < -0.4 is 10.0 Å². The smallest absolute Gasteiger partial charge is 0.350 e. The standard InChI is InChI=1S/C20H20N2O6S/c1-13-7-9-14(10-8-13)22-29(25,26)16-6-4-5-15(11-16)21-12-17-18(23)27-20(2,3)28-19(17)24/h4-12,21-22H,1-3H3. The van der Waals surface area contributed by atoms with E-state index in [-0.39, 0.29) is 10.5 Å². The lowest BCUT2D eigenvalue weighted by Gasteiger charge is -2.29. The summed E-state index contributed by atoms with van der Waals surface area (Å²) in [5.41, 5.74) is 1.48. The van der Waals surface area contributed by atoms with Crippen molar-refractivity contribution in [1.82, 2.24) is 0 Å². The van der Waals surface area contributed by atoms with E-state index in [1.165, 1.54) is 32.0 Å². The summed E-state index contributed by atoms with van der Waals surface area (Å²) in [6.07, 6.45) is 1.12. The molecule has 8 nitrogen and oxygen atoms in total. The Labute approximate surface area is 168 Å². The van der Waals surface area contributed by atoms with Crippen molar-refractivity contribution in [2.24, 2.45) is 0 Å². The minimum Gasteiger partial charge on any atom is -0.419 e. The van der Waals surface area contributed by atoms with Gasteiger partial charge >= 0.3 is 11.9 Å². The molecule has 0 atom stereocenters. The third kappa shape index (κ3) is 4.94. The zero-order chi connectivity index (χ0) is 21.2. The van der Waals surface area contributed by atoms with Gasteiger partial charge in [-0.05, 0) is 37.3 Å². The van der Waals surface area contributed by atoms with Crippen molar-refractivity contribution in [3.8, 4) is 0 Å². The van der Waals surface area contributed by atoms with Crippen LogP contribution in [-0.2, 0) is 29.1 Å². The summed E-state index contributed by atoms with van der Waals surface area (Å²) in [5.74, 6) is -2.99. The van der Waals surface area contributed by atoms with Gasteiger partial charge in [-0.2, -0.15) is 0 Å². The molecule has 2 N–H and O–H groups in total. The molecule has 1 aliphatic rings. The lowest BCUT2D eigenvalue weighted by atomic mass is 10.2. The van der Waals surface area contributed by atoms with Crippen molar-refractivity contribution in [3.05, 3.63) is 65.9 Å². The lowest BCUT2D eigenvalue weighted by Crippen LogP contribution is -2.42. The molecule has 0 saturated carbocycles. The van der Waals surface area contributed by atoms with Crippen molar-refractivity contribution in [3.63, 3.8) is 0 Å². The zero-order valence-electron chi connectivity index (χ0n) is 16.1. The summed E-state index contributed by atoms with van der Waals surface area (Å²) in [6.45, 7) is 4.80. The van der Waals surface area contributed by atoms with Gasteiger partial charge in [-0.3, -0.25) is 4.72 Å². The lowest BCUT2D eigenvalue weighted by molar-refractivity contribution is -0.222. The molecule has 0 aromatic heterocycles. The molecule has 152 valence electrons. The van der Waals surface area contributed by atoms with E-state index in [0.29, 0.717) is 11.4 Å². The first kappa shape index (κ1) is 20.4. The van der Waals surface area contributed by atoms with Crippen molar-refractivity contribution in [1.29, 1.82) is 0 Å². The first-order valence-corrected chi connectivity index (χ1v) is 10.2. The van der Waals surface area contributed by atoms with Crippen LogP contribution in [0.3, 0.4) is 0 Å². The molecule has 0 bridgehead atoms. The van der Waals surface area contributed by atoms with Gasteiger partial charge in [-0.1, -0.05) is 23.8 Å². The van der Waals surface area contributed by atoms with Crippen LogP contribution in [0.2, 0.25) is 0 Å². The van der Waals surface area contributed by atoms with Crippen LogP contribution in [0.4, 0.5) is 11.4 Å². The van der Waals surface area contributed by atoms with Gasteiger partial charge in [0.1, 0.15) is 0 Å². The Hall–Kier alpha value is -3.33.